The average molecular weight is 166 g/mol. The van der Waals surface area contributed by atoms with E-state index in [4.69, 9.17) is 11.6 Å². The molecule has 0 N–H and O–H groups in total. The molecule has 1 aromatic carbocycles. The molecule has 2 rings (SSSR count). The lowest BCUT2D eigenvalue weighted by Crippen LogP contribution is -2.08. The summed E-state index contributed by atoms with van der Waals surface area (Å²) in [4.78, 5) is 0. The first-order valence-corrected chi connectivity index (χ1v) is 4.42. The van der Waals surface area contributed by atoms with Crippen LogP contribution in [0.15, 0.2) is 18.2 Å². The minimum absolute atomic E-state index is 0.698. The first kappa shape index (κ1) is 7.17. The van der Waals surface area contributed by atoms with Gasteiger partial charge in [0.15, 0.2) is 0 Å². The minimum Gasteiger partial charge on any atom is -0.0840 e. The highest BCUT2D eigenvalue weighted by Gasteiger charge is 2.21. The SMILES string of the molecule is Clc1ccc[c]c1C1CCC1. The predicted molar refractivity (Wildman–Crippen MR) is 46.9 cm³/mol. The summed E-state index contributed by atoms with van der Waals surface area (Å²) in [5.74, 6) is 0.698. The van der Waals surface area contributed by atoms with Gasteiger partial charge in [0.2, 0.25) is 0 Å². The third-order valence-electron chi connectivity index (χ3n) is 2.35. The van der Waals surface area contributed by atoms with Crippen LogP contribution in [0.25, 0.3) is 0 Å². The Morgan fingerprint density at radius 1 is 1.45 bits per heavy atom. The highest BCUT2D eigenvalue weighted by atomic mass is 35.5. The van der Waals surface area contributed by atoms with Gasteiger partial charge in [-0.3, -0.25) is 0 Å². The maximum atomic E-state index is 6.00. The summed E-state index contributed by atoms with van der Waals surface area (Å²) in [5, 5.41) is 0.886. The summed E-state index contributed by atoms with van der Waals surface area (Å²) in [7, 11) is 0. The number of hydrogen-bond donors (Lipinski definition) is 0. The van der Waals surface area contributed by atoms with E-state index in [1.54, 1.807) is 0 Å². The normalized spacial score (nSPS) is 17.9. The van der Waals surface area contributed by atoms with Gasteiger partial charge in [-0.1, -0.05) is 30.2 Å². The highest BCUT2D eigenvalue weighted by Crippen LogP contribution is 2.38. The summed E-state index contributed by atoms with van der Waals surface area (Å²) < 4.78 is 0. The first-order valence-electron chi connectivity index (χ1n) is 4.04. The van der Waals surface area contributed by atoms with Crippen molar-refractivity contribution in [3.8, 4) is 0 Å². The van der Waals surface area contributed by atoms with Gasteiger partial charge in [-0.25, -0.2) is 0 Å². The Balaban J connectivity index is 2.28. The molecule has 0 unspecified atom stereocenters. The second kappa shape index (κ2) is 2.86. The van der Waals surface area contributed by atoms with Crippen molar-refractivity contribution in [3.05, 3.63) is 34.9 Å². The first-order chi connectivity index (χ1) is 5.38. The Kier molecular flexibility index (Phi) is 1.87. The molecule has 0 spiro atoms. The van der Waals surface area contributed by atoms with Crippen molar-refractivity contribution in [2.24, 2.45) is 0 Å². The molecular weight excluding hydrogens is 156 g/mol. The second-order valence-electron chi connectivity index (χ2n) is 3.06. The van der Waals surface area contributed by atoms with E-state index in [9.17, 15) is 0 Å². The van der Waals surface area contributed by atoms with Crippen LogP contribution in [-0.2, 0) is 0 Å². The second-order valence-corrected chi connectivity index (χ2v) is 3.47. The molecule has 0 nitrogen and oxygen atoms in total. The van der Waals surface area contributed by atoms with Crippen LogP contribution >= 0.6 is 11.6 Å². The van der Waals surface area contributed by atoms with Crippen molar-refractivity contribution in [1.29, 1.82) is 0 Å². The Labute approximate surface area is 72.2 Å². The zero-order valence-electron chi connectivity index (χ0n) is 6.31. The van der Waals surface area contributed by atoms with Gasteiger partial charge in [-0.15, -0.1) is 0 Å². The van der Waals surface area contributed by atoms with E-state index in [0.717, 1.165) is 5.02 Å². The van der Waals surface area contributed by atoms with Crippen LogP contribution in [0.3, 0.4) is 0 Å². The van der Waals surface area contributed by atoms with Crippen LogP contribution in [0.1, 0.15) is 30.7 Å². The molecule has 57 valence electrons. The van der Waals surface area contributed by atoms with E-state index in [0.29, 0.717) is 5.92 Å². The summed E-state index contributed by atoms with van der Waals surface area (Å²) in [6.45, 7) is 0. The highest BCUT2D eigenvalue weighted by molar-refractivity contribution is 6.31. The molecule has 0 aromatic heterocycles. The fourth-order valence-electron chi connectivity index (χ4n) is 1.44. The topological polar surface area (TPSA) is 0 Å². The third kappa shape index (κ3) is 1.28. The van der Waals surface area contributed by atoms with Crippen molar-refractivity contribution in [3.63, 3.8) is 0 Å². The van der Waals surface area contributed by atoms with Crippen LogP contribution in [0.4, 0.5) is 0 Å². The van der Waals surface area contributed by atoms with Gasteiger partial charge >= 0.3 is 0 Å². The van der Waals surface area contributed by atoms with Crippen LogP contribution in [-0.4, -0.2) is 0 Å². The van der Waals surface area contributed by atoms with Crippen molar-refractivity contribution in [2.75, 3.05) is 0 Å². The van der Waals surface area contributed by atoms with Crippen LogP contribution in [0.5, 0.6) is 0 Å². The summed E-state index contributed by atoms with van der Waals surface area (Å²) >= 11 is 6.00. The van der Waals surface area contributed by atoms with Gasteiger partial charge in [-0.05, 0) is 36.5 Å². The van der Waals surface area contributed by atoms with Crippen molar-refractivity contribution < 1.29 is 0 Å². The van der Waals surface area contributed by atoms with Gasteiger partial charge in [0, 0.05) is 5.02 Å². The van der Waals surface area contributed by atoms with Crippen LogP contribution in [0.2, 0.25) is 5.02 Å². The smallest absolute Gasteiger partial charge is 0.0447 e. The van der Waals surface area contributed by atoms with Crippen LogP contribution in [0, 0.1) is 6.07 Å². The number of benzene rings is 1. The molecule has 1 heteroatoms. The van der Waals surface area contributed by atoms with E-state index < -0.39 is 0 Å². The molecule has 1 radical (unpaired) electrons. The molecule has 1 fully saturated rings. The maximum Gasteiger partial charge on any atom is 0.0447 e. The molecule has 1 aromatic rings. The van der Waals surface area contributed by atoms with Crippen molar-refractivity contribution >= 4 is 11.6 Å². The van der Waals surface area contributed by atoms with E-state index in [-0.39, 0.29) is 0 Å². The molecule has 0 atom stereocenters. The molecule has 1 saturated carbocycles. The van der Waals surface area contributed by atoms with E-state index in [2.05, 4.69) is 6.07 Å². The molecule has 11 heavy (non-hydrogen) atoms. The summed E-state index contributed by atoms with van der Waals surface area (Å²) in [5.41, 5.74) is 1.22. The number of halogens is 1. The lowest BCUT2D eigenvalue weighted by Gasteiger charge is -2.26. The van der Waals surface area contributed by atoms with Gasteiger partial charge in [-0.2, -0.15) is 0 Å². The van der Waals surface area contributed by atoms with E-state index in [1.165, 1.54) is 24.8 Å². The van der Waals surface area contributed by atoms with Gasteiger partial charge in [0.25, 0.3) is 0 Å². The fourth-order valence-corrected chi connectivity index (χ4v) is 1.72. The number of hydrogen-bond acceptors (Lipinski definition) is 0. The molecule has 0 aliphatic heterocycles. The maximum absolute atomic E-state index is 6.00. The Hall–Kier alpha value is -0.490. The molecule has 1 aliphatic rings. The molecule has 0 saturated heterocycles. The fraction of sp³-hybridized carbons (Fsp3) is 0.400. The van der Waals surface area contributed by atoms with Gasteiger partial charge in [0.1, 0.15) is 0 Å². The summed E-state index contributed by atoms with van der Waals surface area (Å²) in [6, 6.07) is 9.04. The standard InChI is InChI=1S/C10H10Cl/c11-10-7-2-1-6-9(10)8-4-3-5-8/h1-2,7-8H,3-5H2. The lowest BCUT2D eigenvalue weighted by molar-refractivity contribution is 0.419. The molecule has 0 amide bonds. The van der Waals surface area contributed by atoms with Gasteiger partial charge in [0.05, 0.1) is 0 Å². The monoisotopic (exact) mass is 165 g/mol. The van der Waals surface area contributed by atoms with Crippen molar-refractivity contribution in [2.45, 2.75) is 25.2 Å². The Bertz CT molecular complexity index is 251. The Morgan fingerprint density at radius 2 is 2.27 bits per heavy atom. The zero-order chi connectivity index (χ0) is 7.68. The molecular formula is C10H10Cl. The Morgan fingerprint density at radius 3 is 2.82 bits per heavy atom. The molecule has 0 heterocycles. The lowest BCUT2D eigenvalue weighted by atomic mass is 9.80. The predicted octanol–water partition coefficient (Wildman–Crippen LogP) is 3.41. The summed E-state index contributed by atoms with van der Waals surface area (Å²) in [6.07, 6.45) is 3.93. The number of rotatable bonds is 1. The van der Waals surface area contributed by atoms with E-state index >= 15 is 0 Å². The van der Waals surface area contributed by atoms with Crippen LogP contribution < -0.4 is 0 Å². The average Bonchev–Trinajstić information content (AvgIpc) is 1.90. The largest absolute Gasteiger partial charge is 0.0840 e. The zero-order valence-corrected chi connectivity index (χ0v) is 7.06. The quantitative estimate of drug-likeness (QED) is 0.599. The third-order valence-corrected chi connectivity index (χ3v) is 2.68. The van der Waals surface area contributed by atoms with E-state index in [1.807, 2.05) is 18.2 Å². The minimum atomic E-state index is 0.698. The molecule has 1 aliphatic carbocycles. The molecule has 0 bridgehead atoms. The van der Waals surface area contributed by atoms with Crippen molar-refractivity contribution in [1.82, 2.24) is 0 Å². The van der Waals surface area contributed by atoms with Gasteiger partial charge < -0.3 is 0 Å².